The molecule has 1 N–H and O–H groups in total. The van der Waals surface area contributed by atoms with Crippen molar-refractivity contribution >= 4 is 22.4 Å². The van der Waals surface area contributed by atoms with Crippen molar-refractivity contribution in [1.29, 1.82) is 0 Å². The average Bonchev–Trinajstić information content (AvgIpc) is 3.03. The van der Waals surface area contributed by atoms with Crippen molar-refractivity contribution in [2.24, 2.45) is 5.41 Å². The minimum Gasteiger partial charge on any atom is -0.383 e. The number of ether oxygens (including phenoxy) is 1. The van der Waals surface area contributed by atoms with Crippen LogP contribution in [0.4, 0.5) is 5.13 Å². The van der Waals surface area contributed by atoms with Crippen molar-refractivity contribution in [1.82, 2.24) is 10.3 Å². The second-order valence-corrected chi connectivity index (χ2v) is 7.44. The van der Waals surface area contributed by atoms with Gasteiger partial charge in [0.15, 0.2) is 5.13 Å². The molecule has 0 aliphatic heterocycles. The molecule has 1 unspecified atom stereocenters. The number of carbonyl (C=O) groups excluding carboxylic acids is 1. The lowest BCUT2D eigenvalue weighted by atomic mass is 9.87. The topological polar surface area (TPSA) is 54.5 Å². The van der Waals surface area contributed by atoms with Crippen molar-refractivity contribution in [2.75, 3.05) is 25.2 Å². The van der Waals surface area contributed by atoms with Gasteiger partial charge >= 0.3 is 0 Å². The summed E-state index contributed by atoms with van der Waals surface area (Å²) < 4.78 is 5.06. The molecule has 124 valence electrons. The van der Waals surface area contributed by atoms with E-state index in [1.807, 2.05) is 5.38 Å². The van der Waals surface area contributed by atoms with Crippen LogP contribution in [-0.4, -0.2) is 37.2 Å². The lowest BCUT2D eigenvalue weighted by molar-refractivity contribution is -0.116. The molecule has 1 amide bonds. The van der Waals surface area contributed by atoms with E-state index in [-0.39, 0.29) is 5.91 Å². The largest absolute Gasteiger partial charge is 0.383 e. The molecule has 22 heavy (non-hydrogen) atoms. The van der Waals surface area contributed by atoms with Gasteiger partial charge in [0, 0.05) is 32.0 Å². The summed E-state index contributed by atoms with van der Waals surface area (Å²) >= 11 is 1.52. The Labute approximate surface area is 137 Å². The molecule has 1 heterocycles. The van der Waals surface area contributed by atoms with E-state index >= 15 is 0 Å². The molecule has 0 bridgehead atoms. The van der Waals surface area contributed by atoms with Crippen LogP contribution in [0.2, 0.25) is 0 Å². The van der Waals surface area contributed by atoms with Crippen LogP contribution in [0.25, 0.3) is 0 Å². The molecule has 1 fully saturated rings. The summed E-state index contributed by atoms with van der Waals surface area (Å²) in [7, 11) is 1.64. The Morgan fingerprint density at radius 2 is 2.36 bits per heavy atom. The lowest BCUT2D eigenvalue weighted by Gasteiger charge is -2.27. The summed E-state index contributed by atoms with van der Waals surface area (Å²) in [6.45, 7) is 8.04. The first-order valence-corrected chi connectivity index (χ1v) is 8.77. The van der Waals surface area contributed by atoms with Crippen LogP contribution < -0.4 is 10.2 Å². The van der Waals surface area contributed by atoms with Gasteiger partial charge in [0.25, 0.3) is 0 Å². The number of methoxy groups -OCH3 is 1. The van der Waals surface area contributed by atoms with Crippen LogP contribution in [0.5, 0.6) is 0 Å². The number of amides is 1. The number of hydrogen-bond acceptors (Lipinski definition) is 5. The minimum absolute atomic E-state index is 0.00263. The maximum atomic E-state index is 11.7. The first-order valence-electron chi connectivity index (χ1n) is 7.89. The molecule has 0 spiro atoms. The maximum absolute atomic E-state index is 11.7. The smallest absolute Gasteiger partial charge is 0.225 e. The van der Waals surface area contributed by atoms with E-state index in [0.29, 0.717) is 24.6 Å². The van der Waals surface area contributed by atoms with Gasteiger partial charge < -0.3 is 10.1 Å². The average molecular weight is 325 g/mol. The van der Waals surface area contributed by atoms with Crippen LogP contribution in [0, 0.1) is 5.41 Å². The third-order valence-electron chi connectivity index (χ3n) is 4.46. The second kappa shape index (κ2) is 7.53. The van der Waals surface area contributed by atoms with Gasteiger partial charge in [-0.15, -0.1) is 11.3 Å². The molecule has 5 nitrogen and oxygen atoms in total. The van der Waals surface area contributed by atoms with E-state index in [2.05, 4.69) is 24.1 Å². The van der Waals surface area contributed by atoms with E-state index in [0.717, 1.165) is 17.4 Å². The first kappa shape index (κ1) is 17.4. The molecule has 1 aromatic heterocycles. The van der Waals surface area contributed by atoms with E-state index in [4.69, 9.17) is 4.74 Å². The number of aromatic nitrogens is 1. The first-order chi connectivity index (χ1) is 10.4. The van der Waals surface area contributed by atoms with Crippen LogP contribution in [-0.2, 0) is 16.1 Å². The highest BCUT2D eigenvalue weighted by Gasteiger charge is 2.33. The Bertz CT molecular complexity index is 501. The number of rotatable bonds is 7. The van der Waals surface area contributed by atoms with Crippen molar-refractivity contribution in [3.05, 3.63) is 11.1 Å². The second-order valence-electron chi connectivity index (χ2n) is 6.60. The van der Waals surface area contributed by atoms with Gasteiger partial charge in [-0.05, 0) is 18.3 Å². The normalized spacial score (nSPS) is 20.3. The maximum Gasteiger partial charge on any atom is 0.225 e. The number of carbonyl (C=O) groups is 1. The van der Waals surface area contributed by atoms with Crippen molar-refractivity contribution in [3.8, 4) is 0 Å². The summed E-state index contributed by atoms with van der Waals surface area (Å²) in [6.07, 6.45) is 3.81. The van der Waals surface area contributed by atoms with Crippen LogP contribution in [0.1, 0.15) is 45.7 Å². The fourth-order valence-electron chi connectivity index (χ4n) is 3.00. The third-order valence-corrected chi connectivity index (χ3v) is 5.37. The van der Waals surface area contributed by atoms with Crippen molar-refractivity contribution in [3.63, 3.8) is 0 Å². The predicted molar refractivity (Wildman–Crippen MR) is 90.3 cm³/mol. The zero-order valence-corrected chi connectivity index (χ0v) is 14.8. The molecule has 1 aromatic rings. The molecule has 1 atom stereocenters. The van der Waals surface area contributed by atoms with Crippen molar-refractivity contribution < 1.29 is 9.53 Å². The van der Waals surface area contributed by atoms with Gasteiger partial charge in [0.05, 0.1) is 18.8 Å². The number of thiazole rings is 1. The minimum atomic E-state index is 0.00263. The summed E-state index contributed by atoms with van der Waals surface area (Å²) in [6, 6.07) is 0.551. The summed E-state index contributed by atoms with van der Waals surface area (Å²) in [5, 5.41) is 6.42. The zero-order chi connectivity index (χ0) is 16.2. The van der Waals surface area contributed by atoms with Gasteiger partial charge in [0.1, 0.15) is 0 Å². The Morgan fingerprint density at radius 1 is 1.59 bits per heavy atom. The summed E-state index contributed by atoms with van der Waals surface area (Å²) in [5.74, 6) is 0.00263. The molecule has 0 aromatic carbocycles. The molecular weight excluding hydrogens is 298 g/mol. The molecule has 0 saturated heterocycles. The van der Waals surface area contributed by atoms with Crippen LogP contribution in [0.3, 0.4) is 0 Å². The van der Waals surface area contributed by atoms with Gasteiger partial charge in [-0.25, -0.2) is 4.98 Å². The van der Waals surface area contributed by atoms with Gasteiger partial charge in [-0.3, -0.25) is 9.69 Å². The molecule has 2 rings (SSSR count). The quantitative estimate of drug-likeness (QED) is 0.837. The van der Waals surface area contributed by atoms with E-state index in [1.165, 1.54) is 30.6 Å². The summed E-state index contributed by atoms with van der Waals surface area (Å²) in [4.78, 5) is 18.0. The Balaban J connectivity index is 1.94. The molecule has 0 radical (unpaired) electrons. The van der Waals surface area contributed by atoms with Gasteiger partial charge in [-0.1, -0.05) is 20.3 Å². The number of nitrogens with one attached hydrogen (secondary N) is 1. The molecule has 1 aliphatic carbocycles. The highest BCUT2D eigenvalue weighted by molar-refractivity contribution is 7.14. The highest BCUT2D eigenvalue weighted by Crippen LogP contribution is 2.37. The predicted octanol–water partition coefficient (Wildman–Crippen LogP) is 2.81. The van der Waals surface area contributed by atoms with E-state index < -0.39 is 0 Å². The van der Waals surface area contributed by atoms with E-state index in [1.54, 1.807) is 18.9 Å². The molecule has 1 saturated carbocycles. The van der Waals surface area contributed by atoms with Crippen LogP contribution in [0.15, 0.2) is 5.38 Å². The van der Waals surface area contributed by atoms with Crippen LogP contribution >= 0.6 is 11.3 Å². The number of hydrogen-bond donors (Lipinski definition) is 1. The van der Waals surface area contributed by atoms with Gasteiger partial charge in [-0.2, -0.15) is 0 Å². The van der Waals surface area contributed by atoms with Gasteiger partial charge in [0.2, 0.25) is 5.91 Å². The zero-order valence-electron chi connectivity index (χ0n) is 14.0. The van der Waals surface area contributed by atoms with E-state index in [9.17, 15) is 4.79 Å². The molecular formula is C16H27N3O2S. The Hall–Kier alpha value is -0.980. The molecule has 6 heteroatoms. The fraction of sp³-hybridized carbons (Fsp3) is 0.750. The summed E-state index contributed by atoms with van der Waals surface area (Å²) in [5.41, 5.74) is 1.37. The molecule has 1 aliphatic rings. The SMILES string of the molecule is COCCN(C(C)=O)c1nc(CNC2CCCC2(C)C)cs1. The number of anilines is 1. The monoisotopic (exact) mass is 325 g/mol. The Morgan fingerprint density at radius 3 is 2.95 bits per heavy atom. The standard InChI is InChI=1S/C16H27N3O2S/c1-12(20)19(8-9-21-4)15-18-13(11-22-15)10-17-14-6-5-7-16(14,2)3/h11,14,17H,5-10H2,1-4H3. The third kappa shape index (κ3) is 4.27. The number of nitrogens with zero attached hydrogens (tertiary/aromatic N) is 2. The Kier molecular flexibility index (Phi) is 5.94. The lowest BCUT2D eigenvalue weighted by Crippen LogP contribution is -2.37. The highest BCUT2D eigenvalue weighted by atomic mass is 32.1. The van der Waals surface area contributed by atoms with Crippen molar-refractivity contribution in [2.45, 2.75) is 52.6 Å². The fourth-order valence-corrected chi connectivity index (χ4v) is 3.90.